The smallest absolute Gasteiger partial charge is 0.339 e. The zero-order valence-electron chi connectivity index (χ0n) is 13.4. The quantitative estimate of drug-likeness (QED) is 0.809. The van der Waals surface area contributed by atoms with Gasteiger partial charge in [0.2, 0.25) is 5.91 Å². The number of amides is 2. The van der Waals surface area contributed by atoms with Crippen LogP contribution in [0.25, 0.3) is 0 Å². The topological polar surface area (TPSA) is 52.7 Å². The Hall–Kier alpha value is -1.87. The van der Waals surface area contributed by atoms with E-state index in [1.807, 2.05) is 0 Å². The Kier molecular flexibility index (Phi) is 7.18. The minimum absolute atomic E-state index is 0. The Morgan fingerprint density at radius 3 is 2.40 bits per heavy atom. The molecule has 2 rings (SSSR count). The van der Waals surface area contributed by atoms with Crippen LogP contribution in [0, 0.1) is 5.82 Å². The molecular formula is C15H18ClF4N3O2. The van der Waals surface area contributed by atoms with Crippen LogP contribution in [0.5, 0.6) is 0 Å². The van der Waals surface area contributed by atoms with Crippen molar-refractivity contribution in [3.05, 3.63) is 35.1 Å². The number of alkyl halides is 3. The summed E-state index contributed by atoms with van der Waals surface area (Å²) >= 11 is 0. The number of halogens is 5. The second kappa shape index (κ2) is 8.48. The van der Waals surface area contributed by atoms with Gasteiger partial charge in [-0.25, -0.2) is 4.39 Å². The van der Waals surface area contributed by atoms with Crippen LogP contribution in [-0.4, -0.2) is 61.4 Å². The fourth-order valence-corrected chi connectivity index (χ4v) is 2.38. The molecule has 1 saturated heterocycles. The molecule has 1 aromatic carbocycles. The molecule has 0 aromatic heterocycles. The lowest BCUT2D eigenvalue weighted by Crippen LogP contribution is -2.49. The zero-order valence-corrected chi connectivity index (χ0v) is 14.2. The van der Waals surface area contributed by atoms with Crippen LogP contribution >= 0.6 is 12.4 Å². The molecule has 0 unspecified atom stereocenters. The molecule has 1 aromatic rings. The molecule has 0 aliphatic carbocycles. The molecule has 0 saturated carbocycles. The van der Waals surface area contributed by atoms with Crippen molar-refractivity contribution in [2.45, 2.75) is 6.18 Å². The summed E-state index contributed by atoms with van der Waals surface area (Å²) in [5, 5.41) is 3.08. The van der Waals surface area contributed by atoms with Gasteiger partial charge in [-0.3, -0.25) is 9.59 Å². The van der Waals surface area contributed by atoms with Crippen molar-refractivity contribution in [2.75, 3.05) is 39.8 Å². The van der Waals surface area contributed by atoms with Crippen molar-refractivity contribution in [3.8, 4) is 0 Å². The van der Waals surface area contributed by atoms with E-state index in [-0.39, 0.29) is 30.4 Å². The van der Waals surface area contributed by atoms with Gasteiger partial charge in [0.1, 0.15) is 5.82 Å². The molecule has 0 bridgehead atoms. The molecule has 1 N–H and O–H groups in total. The van der Waals surface area contributed by atoms with Gasteiger partial charge in [0.15, 0.2) is 0 Å². The van der Waals surface area contributed by atoms with E-state index in [4.69, 9.17) is 0 Å². The number of hydrogen-bond acceptors (Lipinski definition) is 3. The molecule has 2 amide bonds. The average Bonchev–Trinajstić information content (AvgIpc) is 2.54. The highest BCUT2D eigenvalue weighted by Gasteiger charge is 2.35. The lowest BCUT2D eigenvalue weighted by molar-refractivity contribution is -0.140. The number of hydrogen-bond donors (Lipinski definition) is 1. The van der Waals surface area contributed by atoms with E-state index in [0.29, 0.717) is 38.3 Å². The summed E-state index contributed by atoms with van der Waals surface area (Å²) in [5.74, 6) is -2.51. The summed E-state index contributed by atoms with van der Waals surface area (Å²) in [6.45, 7) is 2.06. The van der Waals surface area contributed by atoms with Gasteiger partial charge in [0.05, 0.1) is 12.1 Å². The SMILES string of the molecule is CN(CC(=O)N1CCNCC1)C(=O)c1ccc(F)c(C(F)(F)F)c1.Cl. The Morgan fingerprint density at radius 1 is 1.24 bits per heavy atom. The first kappa shape index (κ1) is 21.2. The third-order valence-electron chi connectivity index (χ3n) is 3.71. The number of nitrogens with one attached hydrogen (secondary N) is 1. The van der Waals surface area contributed by atoms with Crippen LogP contribution in [0.4, 0.5) is 17.6 Å². The first-order valence-electron chi connectivity index (χ1n) is 7.31. The van der Waals surface area contributed by atoms with Crippen molar-refractivity contribution < 1.29 is 27.2 Å². The minimum Gasteiger partial charge on any atom is -0.339 e. The first-order chi connectivity index (χ1) is 11.2. The summed E-state index contributed by atoms with van der Waals surface area (Å²) in [6.07, 6.45) is -4.89. The van der Waals surface area contributed by atoms with Crippen molar-refractivity contribution in [1.29, 1.82) is 0 Å². The number of likely N-dealkylation sites (N-methyl/N-ethyl adjacent to an activating group) is 1. The largest absolute Gasteiger partial charge is 0.419 e. The summed E-state index contributed by atoms with van der Waals surface area (Å²) < 4.78 is 51.4. The fourth-order valence-electron chi connectivity index (χ4n) is 2.38. The van der Waals surface area contributed by atoms with Gasteiger partial charge in [-0.1, -0.05) is 0 Å². The number of carbonyl (C=O) groups excluding carboxylic acids is 2. The molecule has 25 heavy (non-hydrogen) atoms. The van der Waals surface area contributed by atoms with Crippen molar-refractivity contribution >= 4 is 24.2 Å². The monoisotopic (exact) mass is 383 g/mol. The minimum atomic E-state index is -4.89. The Labute approximate surface area is 148 Å². The number of piperazine rings is 1. The van der Waals surface area contributed by atoms with Gasteiger partial charge >= 0.3 is 6.18 Å². The summed E-state index contributed by atoms with van der Waals surface area (Å²) in [6, 6.07) is 2.03. The van der Waals surface area contributed by atoms with E-state index in [9.17, 15) is 27.2 Å². The van der Waals surface area contributed by atoms with Crippen molar-refractivity contribution in [1.82, 2.24) is 15.1 Å². The Bertz CT molecular complexity index is 634. The first-order valence-corrected chi connectivity index (χ1v) is 7.31. The average molecular weight is 384 g/mol. The van der Waals surface area contributed by atoms with E-state index in [1.54, 1.807) is 4.90 Å². The van der Waals surface area contributed by atoms with E-state index < -0.39 is 23.5 Å². The predicted molar refractivity (Wildman–Crippen MR) is 85.1 cm³/mol. The normalized spacial score (nSPS) is 14.7. The van der Waals surface area contributed by atoms with Crippen molar-refractivity contribution in [3.63, 3.8) is 0 Å². The van der Waals surface area contributed by atoms with Crippen LogP contribution in [0.2, 0.25) is 0 Å². The lowest BCUT2D eigenvalue weighted by atomic mass is 10.1. The van der Waals surface area contributed by atoms with Crippen LogP contribution in [0.1, 0.15) is 15.9 Å². The zero-order chi connectivity index (χ0) is 17.9. The highest BCUT2D eigenvalue weighted by molar-refractivity contribution is 5.96. The molecule has 1 heterocycles. The number of rotatable bonds is 3. The van der Waals surface area contributed by atoms with Gasteiger partial charge in [-0.05, 0) is 18.2 Å². The van der Waals surface area contributed by atoms with Crippen LogP contribution < -0.4 is 5.32 Å². The molecule has 0 radical (unpaired) electrons. The molecule has 10 heteroatoms. The molecule has 1 aliphatic heterocycles. The molecular weight excluding hydrogens is 366 g/mol. The van der Waals surface area contributed by atoms with Gasteiger partial charge < -0.3 is 15.1 Å². The second-order valence-corrected chi connectivity index (χ2v) is 5.48. The molecule has 1 fully saturated rings. The third kappa shape index (κ3) is 5.30. The van der Waals surface area contributed by atoms with E-state index in [1.165, 1.54) is 7.05 Å². The lowest BCUT2D eigenvalue weighted by Gasteiger charge is -2.29. The van der Waals surface area contributed by atoms with Crippen LogP contribution in [0.3, 0.4) is 0 Å². The van der Waals surface area contributed by atoms with Crippen molar-refractivity contribution in [2.24, 2.45) is 0 Å². The molecule has 140 valence electrons. The number of benzene rings is 1. The van der Waals surface area contributed by atoms with Gasteiger partial charge in [0.25, 0.3) is 5.91 Å². The predicted octanol–water partition coefficient (Wildman–Crippen LogP) is 1.77. The fraction of sp³-hybridized carbons (Fsp3) is 0.467. The van der Waals surface area contributed by atoms with E-state index in [0.717, 1.165) is 11.0 Å². The standard InChI is InChI=1S/C15H17F4N3O2.ClH/c1-21(9-13(23)22-6-4-20-5-7-22)14(24)10-2-3-12(16)11(8-10)15(17,18)19;/h2-3,8,20H,4-7,9H2,1H3;1H. The molecule has 0 atom stereocenters. The number of carbonyl (C=O) groups is 2. The molecule has 0 spiro atoms. The number of nitrogens with zero attached hydrogens (tertiary/aromatic N) is 2. The van der Waals surface area contributed by atoms with E-state index in [2.05, 4.69) is 5.32 Å². The van der Waals surface area contributed by atoms with Crippen LogP contribution in [0.15, 0.2) is 18.2 Å². The maximum Gasteiger partial charge on any atom is 0.419 e. The Morgan fingerprint density at radius 2 is 1.84 bits per heavy atom. The maximum absolute atomic E-state index is 13.3. The maximum atomic E-state index is 13.3. The van der Waals surface area contributed by atoms with Gasteiger partial charge in [0, 0.05) is 38.8 Å². The summed E-state index contributed by atoms with van der Waals surface area (Å²) in [4.78, 5) is 26.9. The van der Waals surface area contributed by atoms with Gasteiger partial charge in [-0.2, -0.15) is 13.2 Å². The summed E-state index contributed by atoms with van der Waals surface area (Å²) in [5.41, 5.74) is -1.82. The highest BCUT2D eigenvalue weighted by Crippen LogP contribution is 2.32. The van der Waals surface area contributed by atoms with Gasteiger partial charge in [-0.15, -0.1) is 12.4 Å². The highest BCUT2D eigenvalue weighted by atomic mass is 35.5. The molecule has 5 nitrogen and oxygen atoms in total. The third-order valence-corrected chi connectivity index (χ3v) is 3.71. The Balaban J connectivity index is 0.00000312. The second-order valence-electron chi connectivity index (χ2n) is 5.48. The van der Waals surface area contributed by atoms with Crippen LogP contribution in [-0.2, 0) is 11.0 Å². The molecule has 1 aliphatic rings. The van der Waals surface area contributed by atoms with E-state index >= 15 is 0 Å². The summed E-state index contributed by atoms with van der Waals surface area (Å²) in [7, 11) is 1.32.